The van der Waals surface area contributed by atoms with Crippen LogP contribution in [0, 0.1) is 0 Å². The van der Waals surface area contributed by atoms with Gasteiger partial charge in [-0.05, 0) is 71.1 Å². The van der Waals surface area contributed by atoms with Gasteiger partial charge in [-0.15, -0.1) is 0 Å². The van der Waals surface area contributed by atoms with Crippen LogP contribution in [0.4, 0.5) is 0 Å². The van der Waals surface area contributed by atoms with Crippen LogP contribution in [0.3, 0.4) is 0 Å². The van der Waals surface area contributed by atoms with Crippen LogP contribution in [0.2, 0.25) is 0 Å². The fraction of sp³-hybridized carbons (Fsp3) is 0.763. The van der Waals surface area contributed by atoms with E-state index in [-0.39, 0.29) is 12.8 Å². The Balaban J connectivity index is 2.60. The largest absolute Gasteiger partial charge is 0.394 e. The average molecular weight is 698 g/mol. The molecule has 1 amide bonds. The molecule has 1 saturated heterocycles. The third-order valence-corrected chi connectivity index (χ3v) is 8.70. The van der Waals surface area contributed by atoms with Crippen molar-refractivity contribution < 1.29 is 50.0 Å². The quantitative estimate of drug-likeness (QED) is 0.0339. The standard InChI is InChI=1S/C38H67NO10/c1-3-5-7-9-11-13-14-15-16-17-18-20-22-24-26-31(42)37(47)39-29(28-48-38-36(46)35(45)34(44)32(27-40)49-38)33(43)30(41)25-23-21-19-12-10-8-6-4-2/h4,6,11-15,19,29-36,38,40-46H,3,5,7-10,16-18,20-28H2,1-2H3,(H,39,47)/b6-4+,13-11-,15-14-,19-12+. The molecule has 0 aromatic heterocycles. The van der Waals surface area contributed by atoms with E-state index in [1.807, 2.05) is 19.1 Å². The molecular formula is C38H67NO10. The van der Waals surface area contributed by atoms with E-state index in [2.05, 4.69) is 48.7 Å². The van der Waals surface area contributed by atoms with Crippen LogP contribution in [0.25, 0.3) is 0 Å². The first kappa shape index (κ1) is 45.1. The maximum absolute atomic E-state index is 12.9. The van der Waals surface area contributed by atoms with Crippen molar-refractivity contribution in [1.82, 2.24) is 5.32 Å². The summed E-state index contributed by atoms with van der Waals surface area (Å²) in [4.78, 5) is 12.9. The number of rotatable bonds is 28. The Morgan fingerprint density at radius 2 is 1.37 bits per heavy atom. The number of hydrogen-bond donors (Lipinski definition) is 8. The second-order valence-corrected chi connectivity index (χ2v) is 13.0. The molecule has 8 N–H and O–H groups in total. The number of amides is 1. The van der Waals surface area contributed by atoms with Gasteiger partial charge in [0, 0.05) is 0 Å². The summed E-state index contributed by atoms with van der Waals surface area (Å²) in [7, 11) is 0. The molecule has 0 aromatic rings. The molecule has 49 heavy (non-hydrogen) atoms. The molecule has 0 aliphatic carbocycles. The van der Waals surface area contributed by atoms with Gasteiger partial charge < -0.3 is 50.5 Å². The minimum absolute atomic E-state index is 0.230. The van der Waals surface area contributed by atoms with Crippen LogP contribution in [0.15, 0.2) is 48.6 Å². The zero-order valence-corrected chi connectivity index (χ0v) is 29.9. The van der Waals surface area contributed by atoms with Crippen molar-refractivity contribution in [3.8, 4) is 0 Å². The van der Waals surface area contributed by atoms with Gasteiger partial charge in [0.15, 0.2) is 6.29 Å². The fourth-order valence-electron chi connectivity index (χ4n) is 5.51. The number of hydrogen-bond acceptors (Lipinski definition) is 10. The highest BCUT2D eigenvalue weighted by atomic mass is 16.7. The van der Waals surface area contributed by atoms with E-state index < -0.39 is 74.2 Å². The molecule has 9 atom stereocenters. The first-order valence-corrected chi connectivity index (χ1v) is 18.5. The molecule has 1 heterocycles. The van der Waals surface area contributed by atoms with Gasteiger partial charge in [0.25, 0.3) is 0 Å². The van der Waals surface area contributed by atoms with Crippen molar-refractivity contribution in [3.63, 3.8) is 0 Å². The second kappa shape index (κ2) is 28.7. The Labute approximate surface area is 294 Å². The molecule has 0 spiro atoms. The highest BCUT2D eigenvalue weighted by Crippen LogP contribution is 2.23. The van der Waals surface area contributed by atoms with E-state index in [0.717, 1.165) is 51.4 Å². The number of aliphatic hydroxyl groups excluding tert-OH is 7. The van der Waals surface area contributed by atoms with E-state index in [1.165, 1.54) is 19.3 Å². The fourth-order valence-corrected chi connectivity index (χ4v) is 5.51. The summed E-state index contributed by atoms with van der Waals surface area (Å²) in [6.45, 7) is 3.08. The lowest BCUT2D eigenvalue weighted by Crippen LogP contribution is -2.60. The summed E-state index contributed by atoms with van der Waals surface area (Å²) in [5.74, 6) is -0.731. The van der Waals surface area contributed by atoms with Crippen LogP contribution in [0.1, 0.15) is 117 Å². The van der Waals surface area contributed by atoms with Gasteiger partial charge in [-0.2, -0.15) is 0 Å². The predicted octanol–water partition coefficient (Wildman–Crippen LogP) is 3.88. The zero-order valence-electron chi connectivity index (χ0n) is 29.9. The maximum Gasteiger partial charge on any atom is 0.249 e. The Morgan fingerprint density at radius 3 is 2.04 bits per heavy atom. The molecule has 9 unspecified atom stereocenters. The van der Waals surface area contributed by atoms with E-state index in [0.29, 0.717) is 19.3 Å². The first-order valence-electron chi connectivity index (χ1n) is 18.5. The van der Waals surface area contributed by atoms with Gasteiger partial charge in [0.2, 0.25) is 5.91 Å². The third kappa shape index (κ3) is 19.9. The minimum Gasteiger partial charge on any atom is -0.394 e. The molecule has 1 rings (SSSR count). The van der Waals surface area contributed by atoms with E-state index in [1.54, 1.807) is 0 Å². The SMILES string of the molecule is C/C=C/CC/C=C/CCCC(O)C(O)C(COC1OC(CO)C(O)C(O)C1O)NC(=O)C(O)CCCCCCC/C=C\C=C/CCCCC. The van der Waals surface area contributed by atoms with Gasteiger partial charge in [-0.3, -0.25) is 4.79 Å². The van der Waals surface area contributed by atoms with Gasteiger partial charge >= 0.3 is 0 Å². The minimum atomic E-state index is -1.67. The lowest BCUT2D eigenvalue weighted by molar-refractivity contribution is -0.303. The molecule has 0 bridgehead atoms. The van der Waals surface area contributed by atoms with Crippen LogP contribution in [-0.4, -0.2) is 110 Å². The van der Waals surface area contributed by atoms with Crippen molar-refractivity contribution in [2.24, 2.45) is 0 Å². The molecule has 11 nitrogen and oxygen atoms in total. The number of unbranched alkanes of at least 4 members (excludes halogenated alkanes) is 10. The van der Waals surface area contributed by atoms with E-state index >= 15 is 0 Å². The Bertz CT molecular complexity index is 939. The first-order chi connectivity index (χ1) is 23.7. The van der Waals surface area contributed by atoms with Crippen LogP contribution < -0.4 is 5.32 Å². The Morgan fingerprint density at radius 1 is 0.755 bits per heavy atom. The molecule has 11 heteroatoms. The van der Waals surface area contributed by atoms with Crippen LogP contribution in [-0.2, 0) is 14.3 Å². The second-order valence-electron chi connectivity index (χ2n) is 13.0. The predicted molar refractivity (Wildman–Crippen MR) is 191 cm³/mol. The summed E-state index contributed by atoms with van der Waals surface area (Å²) in [5.41, 5.74) is 0. The lowest BCUT2D eigenvalue weighted by atomic mass is 9.98. The summed E-state index contributed by atoms with van der Waals surface area (Å²) in [6, 6.07) is -1.19. The monoisotopic (exact) mass is 697 g/mol. The Kier molecular flexibility index (Phi) is 26.4. The molecule has 0 radical (unpaired) electrons. The van der Waals surface area contributed by atoms with Crippen LogP contribution in [0.5, 0.6) is 0 Å². The molecule has 1 aliphatic heterocycles. The Hall–Kier alpha value is -1.93. The lowest BCUT2D eigenvalue weighted by Gasteiger charge is -2.40. The molecular weight excluding hydrogens is 630 g/mol. The summed E-state index contributed by atoms with van der Waals surface area (Å²) in [5, 5.41) is 74.9. The molecule has 284 valence electrons. The maximum atomic E-state index is 12.9. The van der Waals surface area contributed by atoms with E-state index in [4.69, 9.17) is 9.47 Å². The number of carbonyl (C=O) groups excluding carboxylic acids is 1. The van der Waals surface area contributed by atoms with Crippen molar-refractivity contribution in [1.29, 1.82) is 0 Å². The summed E-state index contributed by atoms with van der Waals surface area (Å²) in [6.07, 6.45) is 19.2. The van der Waals surface area contributed by atoms with Gasteiger partial charge in [-0.1, -0.05) is 94.1 Å². The normalized spacial score (nSPS) is 24.3. The van der Waals surface area contributed by atoms with Gasteiger partial charge in [-0.25, -0.2) is 0 Å². The van der Waals surface area contributed by atoms with Crippen molar-refractivity contribution in [2.45, 2.75) is 172 Å². The average Bonchev–Trinajstić information content (AvgIpc) is 3.10. The molecule has 0 aromatic carbocycles. The highest BCUT2D eigenvalue weighted by Gasteiger charge is 2.44. The van der Waals surface area contributed by atoms with Crippen molar-refractivity contribution >= 4 is 5.91 Å². The van der Waals surface area contributed by atoms with Gasteiger partial charge in [0.1, 0.15) is 36.6 Å². The van der Waals surface area contributed by atoms with Crippen LogP contribution >= 0.6 is 0 Å². The smallest absolute Gasteiger partial charge is 0.249 e. The number of ether oxygens (including phenoxy) is 2. The number of nitrogens with one attached hydrogen (secondary N) is 1. The van der Waals surface area contributed by atoms with E-state index in [9.17, 15) is 40.5 Å². The summed E-state index contributed by atoms with van der Waals surface area (Å²) >= 11 is 0. The topological polar surface area (TPSA) is 189 Å². The zero-order chi connectivity index (χ0) is 36.3. The highest BCUT2D eigenvalue weighted by molar-refractivity contribution is 5.80. The number of aliphatic hydroxyl groups is 7. The molecule has 1 fully saturated rings. The molecule has 0 saturated carbocycles. The summed E-state index contributed by atoms with van der Waals surface area (Å²) < 4.78 is 11.0. The third-order valence-electron chi connectivity index (χ3n) is 8.70. The molecule has 1 aliphatic rings. The van der Waals surface area contributed by atoms with Crippen molar-refractivity contribution in [2.75, 3.05) is 13.2 Å². The van der Waals surface area contributed by atoms with Gasteiger partial charge in [0.05, 0.1) is 25.4 Å². The number of allylic oxidation sites excluding steroid dienone is 8. The number of carbonyl (C=O) groups is 1. The van der Waals surface area contributed by atoms with Crippen molar-refractivity contribution in [3.05, 3.63) is 48.6 Å².